The van der Waals surface area contributed by atoms with Crippen molar-refractivity contribution < 1.29 is 13.6 Å². The summed E-state index contributed by atoms with van der Waals surface area (Å²) in [5.74, 6) is 2.09. The average molecular weight is 335 g/mol. The van der Waals surface area contributed by atoms with E-state index in [2.05, 4.69) is 10.2 Å². The Morgan fingerprint density at radius 3 is 2.74 bits per heavy atom. The zero-order chi connectivity index (χ0) is 16.1. The standard InChI is InChI=1S/C16H21N3O3S/c1-12-13(6-10-21-12)15-17-18-16(22-15)23-11-7-14(20)19-8-4-2-3-5-9-19/h6,10H,2-5,7-9,11H2,1H3. The molecular weight excluding hydrogens is 314 g/mol. The van der Waals surface area contributed by atoms with Crippen LogP contribution < -0.4 is 0 Å². The van der Waals surface area contributed by atoms with E-state index < -0.39 is 0 Å². The van der Waals surface area contributed by atoms with Crippen LogP contribution in [0.2, 0.25) is 0 Å². The molecule has 3 heterocycles. The maximum absolute atomic E-state index is 12.2. The first kappa shape index (κ1) is 16.1. The van der Waals surface area contributed by atoms with Crippen molar-refractivity contribution >= 4 is 17.7 Å². The van der Waals surface area contributed by atoms with Crippen LogP contribution in [-0.4, -0.2) is 39.8 Å². The second-order valence-electron chi connectivity index (χ2n) is 5.66. The van der Waals surface area contributed by atoms with E-state index >= 15 is 0 Å². The molecule has 3 rings (SSSR count). The summed E-state index contributed by atoms with van der Waals surface area (Å²) in [5, 5.41) is 8.53. The Labute approximate surface area is 139 Å². The number of carbonyl (C=O) groups excluding carboxylic acids is 1. The second-order valence-corrected chi connectivity index (χ2v) is 6.70. The fourth-order valence-electron chi connectivity index (χ4n) is 2.69. The molecule has 1 saturated heterocycles. The molecule has 0 unspecified atom stereocenters. The highest BCUT2D eigenvalue weighted by molar-refractivity contribution is 7.99. The van der Waals surface area contributed by atoms with Crippen molar-refractivity contribution in [2.75, 3.05) is 18.8 Å². The van der Waals surface area contributed by atoms with E-state index in [0.29, 0.717) is 23.3 Å². The summed E-state index contributed by atoms with van der Waals surface area (Å²) < 4.78 is 10.8. The molecule has 2 aromatic heterocycles. The number of furan rings is 1. The Hall–Kier alpha value is -1.76. The highest BCUT2D eigenvalue weighted by Gasteiger charge is 2.17. The third-order valence-corrected chi connectivity index (χ3v) is 4.82. The van der Waals surface area contributed by atoms with Crippen LogP contribution in [-0.2, 0) is 4.79 Å². The molecule has 0 radical (unpaired) electrons. The van der Waals surface area contributed by atoms with Crippen LogP contribution in [0.25, 0.3) is 11.5 Å². The Balaban J connectivity index is 1.48. The summed E-state index contributed by atoms with van der Waals surface area (Å²) in [7, 11) is 0. The highest BCUT2D eigenvalue weighted by atomic mass is 32.2. The topological polar surface area (TPSA) is 72.4 Å². The minimum atomic E-state index is 0.227. The van der Waals surface area contributed by atoms with Crippen LogP contribution in [0, 0.1) is 6.92 Å². The molecule has 2 aromatic rings. The number of aryl methyl sites for hydroxylation is 1. The maximum Gasteiger partial charge on any atom is 0.276 e. The van der Waals surface area contributed by atoms with Gasteiger partial charge in [-0.2, -0.15) is 0 Å². The maximum atomic E-state index is 12.2. The van der Waals surface area contributed by atoms with Crippen LogP contribution in [0.1, 0.15) is 37.9 Å². The minimum Gasteiger partial charge on any atom is -0.469 e. The molecule has 7 heteroatoms. The molecule has 124 valence electrons. The van der Waals surface area contributed by atoms with Gasteiger partial charge in [0, 0.05) is 25.3 Å². The van der Waals surface area contributed by atoms with Crippen LogP contribution in [0.5, 0.6) is 0 Å². The molecule has 1 fully saturated rings. The Kier molecular flexibility index (Phi) is 5.38. The lowest BCUT2D eigenvalue weighted by molar-refractivity contribution is -0.130. The van der Waals surface area contributed by atoms with Gasteiger partial charge in [0.2, 0.25) is 5.91 Å². The molecular formula is C16H21N3O3S. The number of hydrogen-bond donors (Lipinski definition) is 0. The fourth-order valence-corrected chi connectivity index (χ4v) is 3.38. The van der Waals surface area contributed by atoms with Gasteiger partial charge in [-0.1, -0.05) is 24.6 Å². The van der Waals surface area contributed by atoms with Gasteiger partial charge in [-0.15, -0.1) is 10.2 Å². The van der Waals surface area contributed by atoms with Crippen molar-refractivity contribution in [2.24, 2.45) is 0 Å². The molecule has 0 N–H and O–H groups in total. The molecule has 0 aliphatic carbocycles. The van der Waals surface area contributed by atoms with Crippen molar-refractivity contribution in [1.29, 1.82) is 0 Å². The average Bonchev–Trinajstić information content (AvgIpc) is 3.07. The predicted octanol–water partition coefficient (Wildman–Crippen LogP) is 3.52. The van der Waals surface area contributed by atoms with Gasteiger partial charge in [-0.25, -0.2) is 0 Å². The van der Waals surface area contributed by atoms with E-state index in [-0.39, 0.29) is 5.91 Å². The number of likely N-dealkylation sites (tertiary alicyclic amines) is 1. The van der Waals surface area contributed by atoms with Crippen molar-refractivity contribution in [3.63, 3.8) is 0 Å². The van der Waals surface area contributed by atoms with Crippen molar-refractivity contribution in [3.05, 3.63) is 18.1 Å². The number of rotatable bonds is 5. The summed E-state index contributed by atoms with van der Waals surface area (Å²) in [4.78, 5) is 14.2. The fraction of sp³-hybridized carbons (Fsp3) is 0.562. The van der Waals surface area contributed by atoms with Crippen LogP contribution in [0.15, 0.2) is 26.4 Å². The molecule has 1 aliphatic heterocycles. The quantitative estimate of drug-likeness (QED) is 0.778. The van der Waals surface area contributed by atoms with E-state index in [0.717, 1.165) is 37.3 Å². The SMILES string of the molecule is Cc1occc1-c1nnc(SCCC(=O)N2CCCCCC2)o1. The zero-order valence-electron chi connectivity index (χ0n) is 13.3. The molecule has 23 heavy (non-hydrogen) atoms. The molecule has 0 spiro atoms. The minimum absolute atomic E-state index is 0.227. The smallest absolute Gasteiger partial charge is 0.276 e. The van der Waals surface area contributed by atoms with E-state index in [1.807, 2.05) is 11.8 Å². The Bertz CT molecular complexity index is 645. The van der Waals surface area contributed by atoms with E-state index in [1.165, 1.54) is 24.6 Å². The third-order valence-electron chi connectivity index (χ3n) is 4.00. The number of hydrogen-bond acceptors (Lipinski definition) is 6. The molecule has 0 aromatic carbocycles. The van der Waals surface area contributed by atoms with Crippen LogP contribution in [0.3, 0.4) is 0 Å². The van der Waals surface area contributed by atoms with Crippen molar-refractivity contribution in [1.82, 2.24) is 15.1 Å². The van der Waals surface area contributed by atoms with E-state index in [9.17, 15) is 4.79 Å². The first-order chi connectivity index (χ1) is 11.2. The molecule has 1 aliphatic rings. The Morgan fingerprint density at radius 2 is 2.04 bits per heavy atom. The summed E-state index contributed by atoms with van der Waals surface area (Å²) in [6, 6.07) is 1.81. The molecule has 6 nitrogen and oxygen atoms in total. The molecule has 1 amide bonds. The number of thioether (sulfide) groups is 1. The zero-order valence-corrected chi connectivity index (χ0v) is 14.1. The number of nitrogens with zero attached hydrogens (tertiary/aromatic N) is 3. The summed E-state index contributed by atoms with van der Waals surface area (Å²) in [6.07, 6.45) is 6.81. The number of carbonyl (C=O) groups is 1. The number of aromatic nitrogens is 2. The van der Waals surface area contributed by atoms with Crippen LogP contribution >= 0.6 is 11.8 Å². The molecule has 0 bridgehead atoms. The van der Waals surface area contributed by atoms with E-state index in [4.69, 9.17) is 8.83 Å². The van der Waals surface area contributed by atoms with E-state index in [1.54, 1.807) is 12.3 Å². The monoisotopic (exact) mass is 335 g/mol. The molecule has 0 saturated carbocycles. The predicted molar refractivity (Wildman–Crippen MR) is 87.1 cm³/mol. The summed E-state index contributed by atoms with van der Waals surface area (Å²) >= 11 is 1.42. The summed E-state index contributed by atoms with van der Waals surface area (Å²) in [5.41, 5.74) is 0.810. The second kappa shape index (κ2) is 7.68. The van der Waals surface area contributed by atoms with Gasteiger partial charge >= 0.3 is 0 Å². The first-order valence-electron chi connectivity index (χ1n) is 8.02. The third kappa shape index (κ3) is 4.16. The lowest BCUT2D eigenvalue weighted by Gasteiger charge is -2.19. The first-order valence-corrected chi connectivity index (χ1v) is 9.01. The van der Waals surface area contributed by atoms with Gasteiger partial charge in [-0.3, -0.25) is 4.79 Å². The molecule has 0 atom stereocenters. The van der Waals surface area contributed by atoms with Gasteiger partial charge in [0.25, 0.3) is 11.1 Å². The van der Waals surface area contributed by atoms with Gasteiger partial charge in [0.15, 0.2) is 0 Å². The van der Waals surface area contributed by atoms with Crippen molar-refractivity contribution in [2.45, 2.75) is 44.3 Å². The Morgan fingerprint density at radius 1 is 1.26 bits per heavy atom. The highest BCUT2D eigenvalue weighted by Crippen LogP contribution is 2.26. The normalized spacial score (nSPS) is 15.6. The van der Waals surface area contributed by atoms with Gasteiger partial charge in [0.05, 0.1) is 11.8 Å². The van der Waals surface area contributed by atoms with Gasteiger partial charge in [-0.05, 0) is 25.8 Å². The van der Waals surface area contributed by atoms with Gasteiger partial charge in [0.1, 0.15) is 5.76 Å². The lowest BCUT2D eigenvalue weighted by Crippen LogP contribution is -2.31. The number of amides is 1. The van der Waals surface area contributed by atoms with Crippen LogP contribution in [0.4, 0.5) is 0 Å². The summed E-state index contributed by atoms with van der Waals surface area (Å²) in [6.45, 7) is 3.65. The van der Waals surface area contributed by atoms with Crippen molar-refractivity contribution in [3.8, 4) is 11.5 Å². The van der Waals surface area contributed by atoms with Gasteiger partial charge < -0.3 is 13.7 Å². The lowest BCUT2D eigenvalue weighted by atomic mass is 10.2. The largest absolute Gasteiger partial charge is 0.469 e.